The van der Waals surface area contributed by atoms with Crippen LogP contribution in [0, 0.1) is 0 Å². The zero-order chi connectivity index (χ0) is 29.1. The van der Waals surface area contributed by atoms with Crippen LogP contribution in [0.3, 0.4) is 0 Å². The molecule has 2 aromatic carbocycles. The third-order valence-corrected chi connectivity index (χ3v) is 7.97. The van der Waals surface area contributed by atoms with Gasteiger partial charge in [0.05, 0.1) is 20.8 Å². The van der Waals surface area contributed by atoms with Crippen molar-refractivity contribution in [3.8, 4) is 23.0 Å². The van der Waals surface area contributed by atoms with Crippen molar-refractivity contribution in [1.29, 1.82) is 0 Å². The van der Waals surface area contributed by atoms with Crippen LogP contribution in [0.1, 0.15) is 6.23 Å². The van der Waals surface area contributed by atoms with Crippen molar-refractivity contribution in [2.24, 2.45) is 0 Å². The lowest BCUT2D eigenvalue weighted by Gasteiger charge is -2.32. The number of hydrogen-bond acceptors (Lipinski definition) is 10. The predicted molar refractivity (Wildman–Crippen MR) is 139 cm³/mol. The summed E-state index contributed by atoms with van der Waals surface area (Å²) < 4.78 is 77.4. The molecule has 40 heavy (non-hydrogen) atoms. The number of alkyl halides is 3. The monoisotopic (exact) mass is 604 g/mol. The molecule has 4 rings (SSSR count). The number of nitrogens with zero attached hydrogens (tertiary/aromatic N) is 1. The van der Waals surface area contributed by atoms with Gasteiger partial charge >= 0.3 is 12.4 Å². The summed E-state index contributed by atoms with van der Waals surface area (Å²) in [6, 6.07) is 12.9. The van der Waals surface area contributed by atoms with Gasteiger partial charge in [0.1, 0.15) is 29.1 Å². The Balaban J connectivity index is 1.64. The maximum Gasteiger partial charge on any atom is 0.435 e. The van der Waals surface area contributed by atoms with Crippen LogP contribution in [0.25, 0.3) is 0 Å². The molecule has 1 fully saturated rings. The Morgan fingerprint density at radius 3 is 1.95 bits per heavy atom. The molecule has 0 amide bonds. The number of halogens is 3. The number of aromatic amines is 1. The Kier molecular flexibility index (Phi) is 8.90. The fourth-order valence-corrected chi connectivity index (χ4v) is 5.71. The Morgan fingerprint density at radius 1 is 1.00 bits per heavy atom. The van der Waals surface area contributed by atoms with Crippen molar-refractivity contribution in [1.82, 2.24) is 9.55 Å². The number of benzene rings is 2. The quantitative estimate of drug-likeness (QED) is 0.315. The zero-order valence-electron chi connectivity index (χ0n) is 20.9. The molecule has 4 atom stereocenters. The largest absolute Gasteiger partial charge is 0.497 e. The highest BCUT2D eigenvalue weighted by atomic mass is 32.5. The van der Waals surface area contributed by atoms with E-state index in [1.807, 2.05) is 4.98 Å². The van der Waals surface area contributed by atoms with Crippen LogP contribution >= 0.6 is 6.72 Å². The van der Waals surface area contributed by atoms with Gasteiger partial charge < -0.3 is 28.4 Å². The second kappa shape index (κ2) is 12.0. The molecule has 0 aliphatic carbocycles. The second-order valence-corrected chi connectivity index (χ2v) is 11.3. The number of H-pyrrole nitrogens is 1. The molecule has 16 heteroatoms. The van der Waals surface area contributed by atoms with Gasteiger partial charge in [-0.15, -0.1) is 0 Å². The molecule has 11 nitrogen and oxygen atoms in total. The van der Waals surface area contributed by atoms with Gasteiger partial charge in [0.25, 0.3) is 12.0 Å². The Bertz CT molecular complexity index is 1420. The van der Waals surface area contributed by atoms with Crippen LogP contribution < -0.4 is 29.8 Å². The fraction of sp³-hybridized carbons (Fsp3) is 0.333. The van der Waals surface area contributed by atoms with Gasteiger partial charge in [-0.3, -0.25) is 18.9 Å². The van der Waals surface area contributed by atoms with Gasteiger partial charge in [0.2, 0.25) is 0 Å². The summed E-state index contributed by atoms with van der Waals surface area (Å²) in [6.07, 6.45) is -9.58. The Hall–Kier alpha value is -3.36. The van der Waals surface area contributed by atoms with Crippen LogP contribution in [-0.2, 0) is 21.1 Å². The Morgan fingerprint density at radius 2 is 1.50 bits per heavy atom. The minimum absolute atomic E-state index is 0.130. The average Bonchev–Trinajstić information content (AvgIpc) is 3.19. The van der Waals surface area contributed by atoms with Crippen LogP contribution in [0.5, 0.6) is 23.0 Å². The number of rotatable bonds is 11. The zero-order valence-corrected chi connectivity index (χ0v) is 22.7. The highest BCUT2D eigenvalue weighted by Gasteiger charge is 2.62. The first-order valence-electron chi connectivity index (χ1n) is 11.5. The smallest absolute Gasteiger partial charge is 0.435 e. The predicted octanol–water partition coefficient (Wildman–Crippen LogP) is 3.18. The molecule has 0 radical (unpaired) electrons. The fourth-order valence-electron chi connectivity index (χ4n) is 3.77. The van der Waals surface area contributed by atoms with E-state index in [0.29, 0.717) is 16.1 Å². The standard InChI is InChI=1S/C24H24F3N2O9PS/c1-33-14-3-7-16(8-4-14)37-39(40,38-17-9-5-15(34-2)6-10-17)35-13-24(22(26)27)20(25)19(31)21(36-24)29-12-11-18(30)28-23(29)32/h3-12,19-22,31H,13H2,1-2H3,(H,28,30,32)/t19-,20-,21+,24+/m0/s1. The normalized spacial score (nSPS) is 22.7. The van der Waals surface area contributed by atoms with Crippen LogP contribution in [-0.4, -0.2) is 59.8 Å². The van der Waals surface area contributed by atoms with E-state index in [9.17, 15) is 23.5 Å². The lowest BCUT2D eigenvalue weighted by atomic mass is 9.98. The van der Waals surface area contributed by atoms with Crippen molar-refractivity contribution in [3.63, 3.8) is 0 Å². The first-order chi connectivity index (χ1) is 19.0. The van der Waals surface area contributed by atoms with Crippen molar-refractivity contribution < 1.29 is 46.1 Å². The van der Waals surface area contributed by atoms with Crippen LogP contribution in [0.4, 0.5) is 13.2 Å². The highest BCUT2D eigenvalue weighted by Crippen LogP contribution is 2.53. The van der Waals surface area contributed by atoms with Crippen LogP contribution in [0.15, 0.2) is 70.4 Å². The van der Waals surface area contributed by atoms with Gasteiger partial charge in [0.15, 0.2) is 18.0 Å². The summed E-state index contributed by atoms with van der Waals surface area (Å²) in [5, 5.41) is 10.4. The molecule has 1 aromatic heterocycles. The van der Waals surface area contributed by atoms with Gasteiger partial charge in [0, 0.05) is 24.1 Å². The van der Waals surface area contributed by atoms with Gasteiger partial charge in [-0.2, -0.15) is 0 Å². The molecule has 1 aliphatic heterocycles. The SMILES string of the molecule is COc1ccc(OP(=S)(OC[C@@]2(C(F)F)O[C@@H](n3ccc(=O)[nH]c3=O)[C@@H](O)[C@@H]2F)Oc2ccc(OC)cc2)cc1. The minimum atomic E-state index is -4.03. The van der Waals surface area contributed by atoms with E-state index in [1.165, 1.54) is 38.5 Å². The summed E-state index contributed by atoms with van der Waals surface area (Å²) in [6.45, 7) is -5.26. The van der Waals surface area contributed by atoms with E-state index >= 15 is 4.39 Å². The highest BCUT2D eigenvalue weighted by molar-refractivity contribution is 8.07. The molecule has 0 spiro atoms. The third-order valence-electron chi connectivity index (χ3n) is 5.90. The summed E-state index contributed by atoms with van der Waals surface area (Å²) >= 11 is 5.49. The first-order valence-corrected chi connectivity index (χ1v) is 14.1. The van der Waals surface area contributed by atoms with E-state index in [-0.39, 0.29) is 11.5 Å². The van der Waals surface area contributed by atoms with Gasteiger partial charge in [-0.1, -0.05) is 0 Å². The summed E-state index contributed by atoms with van der Waals surface area (Å²) in [4.78, 5) is 25.5. The maximum atomic E-state index is 15.4. The molecule has 2 heterocycles. The van der Waals surface area contributed by atoms with E-state index in [4.69, 9.17) is 39.6 Å². The maximum absolute atomic E-state index is 15.4. The summed E-state index contributed by atoms with van der Waals surface area (Å²) in [5.74, 6) is 1.24. The molecule has 1 saturated heterocycles. The number of nitrogens with one attached hydrogen (secondary N) is 1. The molecule has 0 unspecified atom stereocenters. The molecule has 0 bridgehead atoms. The summed E-state index contributed by atoms with van der Waals surface area (Å²) in [7, 11) is 2.91. The van der Waals surface area contributed by atoms with E-state index in [0.717, 1.165) is 12.3 Å². The third kappa shape index (κ3) is 6.18. The second-order valence-electron chi connectivity index (χ2n) is 8.43. The number of aliphatic hydroxyl groups excluding tert-OH is 1. The van der Waals surface area contributed by atoms with Crippen molar-refractivity contribution >= 4 is 18.5 Å². The number of aromatic nitrogens is 2. The molecule has 3 aromatic rings. The molecule has 1 aliphatic rings. The van der Waals surface area contributed by atoms with Crippen molar-refractivity contribution in [2.45, 2.75) is 30.5 Å². The lowest BCUT2D eigenvalue weighted by Crippen LogP contribution is -2.50. The molecule has 216 valence electrons. The van der Waals surface area contributed by atoms with E-state index < -0.39 is 55.1 Å². The average molecular weight is 604 g/mol. The van der Waals surface area contributed by atoms with Crippen molar-refractivity contribution in [3.05, 3.63) is 81.6 Å². The number of ether oxygens (including phenoxy) is 3. The molecular formula is C24H24F3N2O9PS. The lowest BCUT2D eigenvalue weighted by molar-refractivity contribution is -0.183. The van der Waals surface area contributed by atoms with E-state index in [1.54, 1.807) is 24.3 Å². The Labute approximate surface area is 230 Å². The number of hydrogen-bond donors (Lipinski definition) is 2. The first kappa shape index (κ1) is 29.6. The molecular weight excluding hydrogens is 580 g/mol. The number of aliphatic hydroxyl groups is 1. The number of methoxy groups -OCH3 is 2. The van der Waals surface area contributed by atoms with E-state index in [2.05, 4.69) is 0 Å². The van der Waals surface area contributed by atoms with Crippen molar-refractivity contribution in [2.75, 3.05) is 20.8 Å². The molecule has 2 N–H and O–H groups in total. The topological polar surface area (TPSA) is 130 Å². The summed E-state index contributed by atoms with van der Waals surface area (Å²) in [5.41, 5.74) is -4.98. The van der Waals surface area contributed by atoms with Gasteiger partial charge in [-0.05, 0) is 48.5 Å². The van der Waals surface area contributed by atoms with Gasteiger partial charge in [-0.25, -0.2) is 18.0 Å². The molecule has 0 saturated carbocycles. The van der Waals surface area contributed by atoms with Crippen LogP contribution in [0.2, 0.25) is 0 Å². The minimum Gasteiger partial charge on any atom is -0.497 e.